The lowest BCUT2D eigenvalue weighted by molar-refractivity contribution is 0.0796. The second-order valence-corrected chi connectivity index (χ2v) is 8.72. The topological polar surface area (TPSA) is 63.0 Å². The average Bonchev–Trinajstić information content (AvgIpc) is 3.32. The Morgan fingerprint density at radius 2 is 2.04 bits per heavy atom. The lowest BCUT2D eigenvalue weighted by Gasteiger charge is -2.21. The number of benzene rings is 1. The van der Waals surface area contributed by atoms with Gasteiger partial charge in [0.15, 0.2) is 0 Å². The standard InChI is InChI=1S/C22H26N4O/c1-22(2)12-15(11-19(22)27)26-10-9-17-20(23-13-24-21(17)26)25-18-8-7-14-5-3-4-6-16(14)18/h3-6,9-10,13,15,18-19,27H,7-8,11-12H2,1-2H3,(H,23,24,25)/t15-,18-,19-/m0/s1. The van der Waals surface area contributed by atoms with Crippen LogP contribution in [0, 0.1) is 5.41 Å². The molecule has 0 aliphatic heterocycles. The molecule has 0 spiro atoms. The third-order valence-corrected chi connectivity index (χ3v) is 6.51. The monoisotopic (exact) mass is 362 g/mol. The molecule has 0 bridgehead atoms. The van der Waals surface area contributed by atoms with E-state index in [1.807, 2.05) is 0 Å². The van der Waals surface area contributed by atoms with Gasteiger partial charge < -0.3 is 15.0 Å². The molecule has 2 aliphatic rings. The van der Waals surface area contributed by atoms with Gasteiger partial charge in [0, 0.05) is 12.2 Å². The van der Waals surface area contributed by atoms with Crippen LogP contribution >= 0.6 is 0 Å². The van der Waals surface area contributed by atoms with Gasteiger partial charge in [0.1, 0.15) is 17.8 Å². The van der Waals surface area contributed by atoms with Gasteiger partial charge in [-0.25, -0.2) is 9.97 Å². The highest BCUT2D eigenvalue weighted by atomic mass is 16.3. The Balaban J connectivity index is 1.47. The molecule has 0 amide bonds. The number of aliphatic hydroxyl groups excluding tert-OH is 1. The molecule has 1 fully saturated rings. The van der Waals surface area contributed by atoms with Gasteiger partial charge >= 0.3 is 0 Å². The lowest BCUT2D eigenvalue weighted by atomic mass is 9.89. The Labute approximate surface area is 159 Å². The molecule has 3 aromatic rings. The van der Waals surface area contributed by atoms with Crippen molar-refractivity contribution >= 4 is 16.9 Å². The van der Waals surface area contributed by atoms with Gasteiger partial charge in [-0.3, -0.25) is 0 Å². The van der Waals surface area contributed by atoms with Crippen LogP contribution in [0.5, 0.6) is 0 Å². The summed E-state index contributed by atoms with van der Waals surface area (Å²) in [5, 5.41) is 15.1. The highest BCUT2D eigenvalue weighted by Gasteiger charge is 2.40. The normalized spacial score (nSPS) is 26.4. The molecule has 2 N–H and O–H groups in total. The Bertz CT molecular complexity index is 993. The van der Waals surface area contributed by atoms with Gasteiger partial charge in [0.2, 0.25) is 0 Å². The van der Waals surface area contributed by atoms with E-state index in [1.165, 1.54) is 11.1 Å². The smallest absolute Gasteiger partial charge is 0.145 e. The van der Waals surface area contributed by atoms with E-state index in [2.05, 4.69) is 70.2 Å². The first-order valence-electron chi connectivity index (χ1n) is 9.87. The predicted molar refractivity (Wildman–Crippen MR) is 107 cm³/mol. The van der Waals surface area contributed by atoms with Crippen molar-refractivity contribution in [3.05, 3.63) is 54.0 Å². The number of aryl methyl sites for hydroxylation is 1. The molecular weight excluding hydrogens is 336 g/mol. The number of hydrogen-bond donors (Lipinski definition) is 2. The molecular formula is C22H26N4O. The molecule has 0 radical (unpaired) electrons. The van der Waals surface area contributed by atoms with Crippen molar-refractivity contribution in [1.29, 1.82) is 0 Å². The number of hydrogen-bond acceptors (Lipinski definition) is 4. The number of nitrogens with one attached hydrogen (secondary N) is 1. The number of rotatable bonds is 3. The van der Waals surface area contributed by atoms with Crippen molar-refractivity contribution in [1.82, 2.24) is 14.5 Å². The molecule has 5 rings (SSSR count). The first-order chi connectivity index (χ1) is 13.0. The number of aromatic nitrogens is 3. The molecule has 2 aliphatic carbocycles. The Kier molecular flexibility index (Phi) is 3.76. The summed E-state index contributed by atoms with van der Waals surface area (Å²) in [7, 11) is 0. The van der Waals surface area contributed by atoms with Crippen LogP contribution < -0.4 is 5.32 Å². The van der Waals surface area contributed by atoms with Crippen LogP contribution in [0.3, 0.4) is 0 Å². The van der Waals surface area contributed by atoms with E-state index in [4.69, 9.17) is 0 Å². The highest BCUT2D eigenvalue weighted by molar-refractivity contribution is 5.87. The molecule has 3 atom stereocenters. The lowest BCUT2D eigenvalue weighted by Crippen LogP contribution is -2.21. The van der Waals surface area contributed by atoms with Crippen molar-refractivity contribution in [2.24, 2.45) is 5.41 Å². The van der Waals surface area contributed by atoms with Crippen molar-refractivity contribution in [3.8, 4) is 0 Å². The zero-order valence-electron chi connectivity index (χ0n) is 15.9. The number of aliphatic hydroxyl groups is 1. The molecule has 0 unspecified atom stereocenters. The van der Waals surface area contributed by atoms with Crippen molar-refractivity contribution < 1.29 is 5.11 Å². The van der Waals surface area contributed by atoms with Gasteiger partial charge in [-0.15, -0.1) is 0 Å². The number of nitrogens with zero attached hydrogens (tertiary/aromatic N) is 3. The minimum Gasteiger partial charge on any atom is -0.392 e. The third kappa shape index (κ3) is 2.72. The SMILES string of the molecule is CC1(C)C[C@@H](n2ccc3c(N[C@H]4CCc5ccccc54)ncnc32)C[C@@H]1O. The summed E-state index contributed by atoms with van der Waals surface area (Å²) in [6.45, 7) is 4.28. The minimum atomic E-state index is -0.269. The van der Waals surface area contributed by atoms with Gasteiger partial charge in [0.05, 0.1) is 17.5 Å². The Hall–Kier alpha value is -2.40. The van der Waals surface area contributed by atoms with Crippen LogP contribution in [0.4, 0.5) is 5.82 Å². The average molecular weight is 362 g/mol. The maximum Gasteiger partial charge on any atom is 0.145 e. The second-order valence-electron chi connectivity index (χ2n) is 8.72. The molecule has 5 heteroatoms. The van der Waals surface area contributed by atoms with Crippen LogP contribution in [-0.4, -0.2) is 25.7 Å². The van der Waals surface area contributed by atoms with Crippen LogP contribution in [0.1, 0.15) is 56.3 Å². The summed E-state index contributed by atoms with van der Waals surface area (Å²) in [6.07, 6.45) is 7.42. The van der Waals surface area contributed by atoms with Crippen molar-refractivity contribution in [2.45, 2.75) is 57.7 Å². The first kappa shape index (κ1) is 16.8. The summed E-state index contributed by atoms with van der Waals surface area (Å²) >= 11 is 0. The first-order valence-corrected chi connectivity index (χ1v) is 9.87. The van der Waals surface area contributed by atoms with E-state index < -0.39 is 0 Å². The van der Waals surface area contributed by atoms with Crippen molar-refractivity contribution in [2.75, 3.05) is 5.32 Å². The van der Waals surface area contributed by atoms with E-state index in [0.29, 0.717) is 6.04 Å². The van der Waals surface area contributed by atoms with E-state index in [0.717, 1.165) is 42.5 Å². The van der Waals surface area contributed by atoms with E-state index in [1.54, 1.807) is 6.33 Å². The number of anilines is 1. The molecule has 5 nitrogen and oxygen atoms in total. The maximum atomic E-state index is 10.4. The third-order valence-electron chi connectivity index (χ3n) is 6.51. The largest absolute Gasteiger partial charge is 0.392 e. The fourth-order valence-electron chi connectivity index (χ4n) is 4.87. The van der Waals surface area contributed by atoms with Crippen LogP contribution in [-0.2, 0) is 6.42 Å². The summed E-state index contributed by atoms with van der Waals surface area (Å²) in [5.74, 6) is 0.901. The van der Waals surface area contributed by atoms with Crippen LogP contribution in [0.2, 0.25) is 0 Å². The summed E-state index contributed by atoms with van der Waals surface area (Å²) in [6, 6.07) is 11.3. The van der Waals surface area contributed by atoms with Crippen LogP contribution in [0.25, 0.3) is 11.0 Å². The molecule has 27 heavy (non-hydrogen) atoms. The summed E-state index contributed by atoms with van der Waals surface area (Å²) in [5.41, 5.74) is 3.71. The quantitative estimate of drug-likeness (QED) is 0.731. The molecule has 1 saturated carbocycles. The van der Waals surface area contributed by atoms with Gasteiger partial charge in [-0.2, -0.15) is 0 Å². The molecule has 0 saturated heterocycles. The zero-order chi connectivity index (χ0) is 18.6. The second kappa shape index (κ2) is 6.06. The molecule has 2 heterocycles. The minimum absolute atomic E-state index is 0.0527. The number of fused-ring (bicyclic) bond motifs is 2. The van der Waals surface area contributed by atoms with Crippen molar-refractivity contribution in [3.63, 3.8) is 0 Å². The van der Waals surface area contributed by atoms with E-state index in [-0.39, 0.29) is 17.6 Å². The van der Waals surface area contributed by atoms with Gasteiger partial charge in [-0.05, 0) is 48.3 Å². The van der Waals surface area contributed by atoms with Gasteiger partial charge in [0.25, 0.3) is 0 Å². The maximum absolute atomic E-state index is 10.4. The Morgan fingerprint density at radius 3 is 2.85 bits per heavy atom. The summed E-state index contributed by atoms with van der Waals surface area (Å²) < 4.78 is 2.22. The predicted octanol–water partition coefficient (Wildman–Crippen LogP) is 4.25. The molecule has 1 aromatic carbocycles. The fourth-order valence-corrected chi connectivity index (χ4v) is 4.87. The zero-order valence-corrected chi connectivity index (χ0v) is 15.9. The highest BCUT2D eigenvalue weighted by Crippen LogP contribution is 2.45. The molecule has 2 aromatic heterocycles. The fraction of sp³-hybridized carbons (Fsp3) is 0.455. The Morgan fingerprint density at radius 1 is 1.19 bits per heavy atom. The van der Waals surface area contributed by atoms with E-state index in [9.17, 15) is 5.11 Å². The van der Waals surface area contributed by atoms with E-state index >= 15 is 0 Å². The summed E-state index contributed by atoms with van der Waals surface area (Å²) in [4.78, 5) is 9.11. The van der Waals surface area contributed by atoms with Gasteiger partial charge in [-0.1, -0.05) is 38.1 Å². The molecule has 140 valence electrons. The van der Waals surface area contributed by atoms with Crippen LogP contribution in [0.15, 0.2) is 42.9 Å².